The molecule has 0 aliphatic heterocycles. The van der Waals surface area contributed by atoms with E-state index in [-0.39, 0.29) is 17.7 Å². The van der Waals surface area contributed by atoms with Gasteiger partial charge in [-0.25, -0.2) is 0 Å². The standard InChI is InChI=1S/C21H35N3O2S/c1-2-17(19(25)22-15-11-9-6-10-12-15)18-20(26)24-21(27-18)23-16-13-7-4-3-5-8-14-16/h15-17,26H,2-14H2,1H3,(H,22,25)(H,23,24). The average Bonchev–Trinajstić information content (AvgIpc) is 2.99. The zero-order chi connectivity index (χ0) is 19.1. The van der Waals surface area contributed by atoms with Crippen LogP contribution in [-0.2, 0) is 4.79 Å². The van der Waals surface area contributed by atoms with E-state index in [4.69, 9.17) is 0 Å². The minimum absolute atomic E-state index is 0.0268. The second-order valence-corrected chi connectivity index (χ2v) is 9.23. The molecule has 2 saturated carbocycles. The maximum absolute atomic E-state index is 12.8. The first kappa shape index (κ1) is 20.4. The van der Waals surface area contributed by atoms with Gasteiger partial charge in [0.15, 0.2) is 5.13 Å². The maximum atomic E-state index is 12.8. The van der Waals surface area contributed by atoms with Crippen molar-refractivity contribution < 1.29 is 9.90 Å². The monoisotopic (exact) mass is 393 g/mol. The fourth-order valence-electron chi connectivity index (χ4n) is 4.43. The number of hydrogen-bond acceptors (Lipinski definition) is 5. The van der Waals surface area contributed by atoms with Gasteiger partial charge in [-0.15, -0.1) is 0 Å². The van der Waals surface area contributed by atoms with Crippen molar-refractivity contribution in [1.82, 2.24) is 10.3 Å². The van der Waals surface area contributed by atoms with Crippen molar-refractivity contribution in [3.8, 4) is 5.88 Å². The third kappa shape index (κ3) is 5.84. The predicted octanol–water partition coefficient (Wildman–Crippen LogP) is 5.32. The van der Waals surface area contributed by atoms with E-state index >= 15 is 0 Å². The summed E-state index contributed by atoms with van der Waals surface area (Å²) < 4.78 is 0. The molecule has 1 aromatic heterocycles. The molecule has 6 heteroatoms. The number of nitrogens with one attached hydrogen (secondary N) is 2. The van der Waals surface area contributed by atoms with Crippen molar-refractivity contribution in [3.05, 3.63) is 4.88 Å². The lowest BCUT2D eigenvalue weighted by Gasteiger charge is -2.24. The highest BCUT2D eigenvalue weighted by molar-refractivity contribution is 7.16. The van der Waals surface area contributed by atoms with Gasteiger partial charge in [-0.1, -0.05) is 69.6 Å². The van der Waals surface area contributed by atoms with Gasteiger partial charge in [-0.3, -0.25) is 4.79 Å². The number of hydrogen-bond donors (Lipinski definition) is 3. The molecule has 3 N–H and O–H groups in total. The van der Waals surface area contributed by atoms with Crippen molar-refractivity contribution >= 4 is 22.4 Å². The van der Waals surface area contributed by atoms with E-state index in [1.165, 1.54) is 62.7 Å². The smallest absolute Gasteiger partial charge is 0.228 e. The van der Waals surface area contributed by atoms with Gasteiger partial charge in [0.2, 0.25) is 11.8 Å². The molecule has 5 nitrogen and oxygen atoms in total. The first-order chi connectivity index (χ1) is 13.2. The first-order valence-electron chi connectivity index (χ1n) is 10.9. The Kier molecular flexibility index (Phi) is 7.80. The zero-order valence-corrected chi connectivity index (χ0v) is 17.5. The number of carbonyl (C=O) groups excluding carboxylic acids is 1. The first-order valence-corrected chi connectivity index (χ1v) is 11.8. The molecule has 1 heterocycles. The quantitative estimate of drug-likeness (QED) is 0.612. The van der Waals surface area contributed by atoms with Crippen LogP contribution in [0, 0.1) is 0 Å². The molecule has 1 amide bonds. The fraction of sp³-hybridized carbons (Fsp3) is 0.810. The van der Waals surface area contributed by atoms with Gasteiger partial charge in [0.1, 0.15) is 0 Å². The number of aromatic hydroxyl groups is 1. The van der Waals surface area contributed by atoms with Crippen molar-refractivity contribution in [2.75, 3.05) is 5.32 Å². The van der Waals surface area contributed by atoms with Crippen LogP contribution in [0.25, 0.3) is 0 Å². The molecule has 0 saturated heterocycles. The second-order valence-electron chi connectivity index (χ2n) is 8.20. The Morgan fingerprint density at radius 1 is 1.04 bits per heavy atom. The minimum atomic E-state index is -0.308. The van der Waals surface area contributed by atoms with Crippen LogP contribution in [-0.4, -0.2) is 28.1 Å². The van der Waals surface area contributed by atoms with Crippen molar-refractivity contribution in [3.63, 3.8) is 0 Å². The largest absolute Gasteiger partial charge is 0.492 e. The Balaban J connectivity index is 1.62. The van der Waals surface area contributed by atoms with Gasteiger partial charge in [0.05, 0.1) is 10.8 Å². The van der Waals surface area contributed by atoms with E-state index in [1.54, 1.807) is 0 Å². The minimum Gasteiger partial charge on any atom is -0.492 e. The Bertz CT molecular complexity index is 590. The van der Waals surface area contributed by atoms with Gasteiger partial charge in [-0.2, -0.15) is 4.98 Å². The molecule has 0 bridgehead atoms. The van der Waals surface area contributed by atoms with E-state index in [2.05, 4.69) is 15.6 Å². The summed E-state index contributed by atoms with van der Waals surface area (Å²) in [5.41, 5.74) is 0. The summed E-state index contributed by atoms with van der Waals surface area (Å²) in [5, 5.41) is 17.9. The average molecular weight is 394 g/mol. The number of thiazole rings is 1. The third-order valence-corrected chi connectivity index (χ3v) is 7.15. The molecule has 1 aromatic rings. The summed E-state index contributed by atoms with van der Waals surface area (Å²) in [7, 11) is 0. The van der Waals surface area contributed by atoms with Crippen LogP contribution in [0.1, 0.15) is 101 Å². The van der Waals surface area contributed by atoms with Crippen molar-refractivity contribution in [2.24, 2.45) is 0 Å². The van der Waals surface area contributed by atoms with Crippen LogP contribution >= 0.6 is 11.3 Å². The summed E-state index contributed by atoms with van der Waals surface area (Å²) in [6.07, 6.45) is 15.3. The number of anilines is 1. The predicted molar refractivity (Wildman–Crippen MR) is 112 cm³/mol. The van der Waals surface area contributed by atoms with Gasteiger partial charge in [0.25, 0.3) is 0 Å². The van der Waals surface area contributed by atoms with Gasteiger partial charge in [-0.05, 0) is 32.1 Å². The molecular weight excluding hydrogens is 358 g/mol. The maximum Gasteiger partial charge on any atom is 0.228 e. The molecular formula is C21H35N3O2S. The molecule has 0 aromatic carbocycles. The number of nitrogens with zero attached hydrogens (tertiary/aromatic N) is 1. The van der Waals surface area contributed by atoms with E-state index in [1.807, 2.05) is 6.92 Å². The van der Waals surface area contributed by atoms with Crippen LogP contribution in [0.15, 0.2) is 0 Å². The molecule has 2 aliphatic carbocycles. The molecule has 2 aliphatic rings. The lowest BCUT2D eigenvalue weighted by Crippen LogP contribution is -2.38. The highest BCUT2D eigenvalue weighted by Gasteiger charge is 2.28. The Morgan fingerprint density at radius 2 is 1.59 bits per heavy atom. The SMILES string of the molecule is CCC(C(=O)NC1CCCCC1)c1sc(NC2CCCCCCC2)nc1O. The second kappa shape index (κ2) is 10.3. The highest BCUT2D eigenvalue weighted by atomic mass is 32.1. The summed E-state index contributed by atoms with van der Waals surface area (Å²) in [6, 6.07) is 0.725. The highest BCUT2D eigenvalue weighted by Crippen LogP contribution is 2.37. The normalized spacial score (nSPS) is 21.2. The molecule has 152 valence electrons. The molecule has 0 radical (unpaired) electrons. The van der Waals surface area contributed by atoms with Gasteiger partial charge in [0, 0.05) is 12.1 Å². The van der Waals surface area contributed by atoms with Crippen molar-refractivity contribution in [1.29, 1.82) is 0 Å². The Labute approximate surface area is 167 Å². The molecule has 1 unspecified atom stereocenters. The van der Waals surface area contributed by atoms with Gasteiger partial charge < -0.3 is 15.7 Å². The van der Waals surface area contributed by atoms with E-state index in [0.717, 1.165) is 30.8 Å². The van der Waals surface area contributed by atoms with E-state index in [9.17, 15) is 9.90 Å². The topological polar surface area (TPSA) is 74.2 Å². The lowest BCUT2D eigenvalue weighted by atomic mass is 9.94. The van der Waals surface area contributed by atoms with Crippen LogP contribution in [0.3, 0.4) is 0 Å². The van der Waals surface area contributed by atoms with Crippen LogP contribution in [0.5, 0.6) is 5.88 Å². The lowest BCUT2D eigenvalue weighted by molar-refractivity contribution is -0.123. The van der Waals surface area contributed by atoms with Crippen LogP contribution < -0.4 is 10.6 Å². The van der Waals surface area contributed by atoms with E-state index in [0.29, 0.717) is 23.4 Å². The van der Waals surface area contributed by atoms with Crippen LogP contribution in [0.2, 0.25) is 0 Å². The van der Waals surface area contributed by atoms with Crippen molar-refractivity contribution in [2.45, 2.75) is 108 Å². The summed E-state index contributed by atoms with van der Waals surface area (Å²) >= 11 is 1.46. The fourth-order valence-corrected chi connectivity index (χ4v) is 5.55. The summed E-state index contributed by atoms with van der Waals surface area (Å²) in [5.74, 6) is -0.239. The number of carbonyl (C=O) groups is 1. The zero-order valence-electron chi connectivity index (χ0n) is 16.6. The van der Waals surface area contributed by atoms with Crippen LogP contribution in [0.4, 0.5) is 5.13 Å². The number of rotatable bonds is 6. The molecule has 2 fully saturated rings. The molecule has 3 rings (SSSR count). The molecule has 0 spiro atoms. The summed E-state index contributed by atoms with van der Waals surface area (Å²) in [6.45, 7) is 2.01. The third-order valence-electron chi connectivity index (χ3n) is 6.06. The summed E-state index contributed by atoms with van der Waals surface area (Å²) in [4.78, 5) is 17.9. The molecule has 27 heavy (non-hydrogen) atoms. The number of amides is 1. The molecule has 1 atom stereocenters. The number of aromatic nitrogens is 1. The Hall–Kier alpha value is -1.30. The van der Waals surface area contributed by atoms with E-state index < -0.39 is 0 Å². The van der Waals surface area contributed by atoms with Gasteiger partial charge >= 0.3 is 0 Å². The Morgan fingerprint density at radius 3 is 2.22 bits per heavy atom.